The van der Waals surface area contributed by atoms with E-state index in [0.29, 0.717) is 5.69 Å². The van der Waals surface area contributed by atoms with Gasteiger partial charge in [0.15, 0.2) is 5.82 Å². The lowest BCUT2D eigenvalue weighted by Gasteiger charge is -2.41. The molecule has 1 aliphatic carbocycles. The highest BCUT2D eigenvalue weighted by Crippen LogP contribution is 2.27. The summed E-state index contributed by atoms with van der Waals surface area (Å²) >= 11 is 0. The van der Waals surface area contributed by atoms with Crippen LogP contribution in [0.1, 0.15) is 56.1 Å². The van der Waals surface area contributed by atoms with Crippen LogP contribution in [0.3, 0.4) is 0 Å². The molecule has 3 heterocycles. The lowest BCUT2D eigenvalue weighted by molar-refractivity contribution is 0.0734. The highest BCUT2D eigenvalue weighted by molar-refractivity contribution is 5.53. The number of aliphatic hydroxyl groups is 1. The average Bonchev–Trinajstić information content (AvgIpc) is 2.77. The van der Waals surface area contributed by atoms with Gasteiger partial charge in [0.25, 0.3) is 0 Å². The molecular formula is C25H34N6O. The Labute approximate surface area is 190 Å². The Morgan fingerprint density at radius 2 is 1.88 bits per heavy atom. The van der Waals surface area contributed by atoms with Gasteiger partial charge in [-0.25, -0.2) is 4.98 Å². The molecule has 0 amide bonds. The molecule has 1 N–H and O–H groups in total. The minimum atomic E-state index is -0.986. The molecule has 0 bridgehead atoms. The third kappa shape index (κ3) is 4.67. The first kappa shape index (κ1) is 22.4. The van der Waals surface area contributed by atoms with Crippen molar-refractivity contribution in [3.05, 3.63) is 58.7 Å². The third-order valence-corrected chi connectivity index (χ3v) is 6.53. The van der Waals surface area contributed by atoms with Crippen molar-refractivity contribution in [2.45, 2.75) is 65.5 Å². The van der Waals surface area contributed by atoms with Gasteiger partial charge in [0.2, 0.25) is 0 Å². The average molecular weight is 435 g/mol. The number of rotatable bonds is 5. The predicted molar refractivity (Wildman–Crippen MR) is 128 cm³/mol. The normalized spacial score (nSPS) is 19.3. The van der Waals surface area contributed by atoms with Crippen LogP contribution in [0.4, 0.5) is 11.6 Å². The summed E-state index contributed by atoms with van der Waals surface area (Å²) in [5, 5.41) is 19.4. The monoisotopic (exact) mass is 434 g/mol. The second-order valence-corrected chi connectivity index (χ2v) is 9.46. The van der Waals surface area contributed by atoms with Gasteiger partial charge in [-0.05, 0) is 64.2 Å². The zero-order valence-corrected chi connectivity index (χ0v) is 19.8. The highest BCUT2D eigenvalue weighted by Gasteiger charge is 2.28. The smallest absolute Gasteiger partial charge is 0.154 e. The highest BCUT2D eigenvalue weighted by atomic mass is 16.3. The largest absolute Gasteiger partial charge is 0.384 e. The van der Waals surface area contributed by atoms with Gasteiger partial charge in [-0.15, -0.1) is 5.10 Å². The van der Waals surface area contributed by atoms with E-state index in [1.807, 2.05) is 0 Å². The zero-order valence-electron chi connectivity index (χ0n) is 19.8. The molecular weight excluding hydrogens is 400 g/mol. The van der Waals surface area contributed by atoms with E-state index in [2.05, 4.69) is 69.0 Å². The second kappa shape index (κ2) is 8.98. The number of piperazine rings is 1. The van der Waals surface area contributed by atoms with Crippen molar-refractivity contribution < 1.29 is 5.11 Å². The minimum Gasteiger partial charge on any atom is -0.384 e. The van der Waals surface area contributed by atoms with Crippen molar-refractivity contribution in [1.82, 2.24) is 20.2 Å². The molecule has 0 aromatic carbocycles. The van der Waals surface area contributed by atoms with E-state index in [1.54, 1.807) is 26.2 Å². The van der Waals surface area contributed by atoms with Crippen LogP contribution in [0.2, 0.25) is 0 Å². The fourth-order valence-corrected chi connectivity index (χ4v) is 4.38. The summed E-state index contributed by atoms with van der Waals surface area (Å²) in [7, 11) is 0. The maximum absolute atomic E-state index is 10.1. The summed E-state index contributed by atoms with van der Waals surface area (Å²) in [5.74, 6) is 1.82. The van der Waals surface area contributed by atoms with Crippen LogP contribution < -0.4 is 9.80 Å². The molecule has 1 fully saturated rings. The zero-order chi connectivity index (χ0) is 22.9. The van der Waals surface area contributed by atoms with Crippen LogP contribution in [0.25, 0.3) is 0 Å². The van der Waals surface area contributed by atoms with Crippen molar-refractivity contribution in [3.63, 3.8) is 0 Å². The Kier molecular flexibility index (Phi) is 6.29. The number of nitrogens with zero attached hydrogens (tertiary/aromatic N) is 6. The van der Waals surface area contributed by atoms with Crippen molar-refractivity contribution >= 4 is 11.6 Å². The number of hydrogen-bond acceptors (Lipinski definition) is 7. The summed E-state index contributed by atoms with van der Waals surface area (Å²) < 4.78 is 0. The summed E-state index contributed by atoms with van der Waals surface area (Å²) in [6.45, 7) is 12.5. The molecule has 0 radical (unpaired) electrons. The van der Waals surface area contributed by atoms with Gasteiger partial charge in [-0.3, -0.25) is 4.98 Å². The lowest BCUT2D eigenvalue weighted by atomic mass is 9.99. The SMILES string of the molecule is Cc1c(CC2=CCCC=C2)nnc(N2CCN(c3cnc(C(C)(C)O)cn3)C(C)C2)c1C. The van der Waals surface area contributed by atoms with Gasteiger partial charge in [0, 0.05) is 32.1 Å². The van der Waals surface area contributed by atoms with E-state index in [4.69, 9.17) is 0 Å². The Morgan fingerprint density at radius 1 is 1.06 bits per heavy atom. The van der Waals surface area contributed by atoms with E-state index in [1.165, 1.54) is 16.7 Å². The quantitative estimate of drug-likeness (QED) is 0.770. The Bertz CT molecular complexity index is 1020. The maximum atomic E-state index is 10.1. The molecule has 4 rings (SSSR count). The number of hydrogen-bond donors (Lipinski definition) is 1. The molecule has 1 saturated heterocycles. The number of aromatic nitrogens is 4. The third-order valence-electron chi connectivity index (χ3n) is 6.53. The summed E-state index contributed by atoms with van der Waals surface area (Å²) in [5.41, 5.74) is 4.44. The molecule has 1 aliphatic heterocycles. The lowest BCUT2D eigenvalue weighted by Crippen LogP contribution is -2.53. The van der Waals surface area contributed by atoms with Crippen molar-refractivity contribution in [2.24, 2.45) is 0 Å². The van der Waals surface area contributed by atoms with E-state index in [-0.39, 0.29) is 6.04 Å². The van der Waals surface area contributed by atoms with E-state index < -0.39 is 5.60 Å². The molecule has 2 aromatic rings. The molecule has 0 spiro atoms. The van der Waals surface area contributed by atoms with Gasteiger partial charge in [0.05, 0.1) is 23.8 Å². The first-order valence-corrected chi connectivity index (χ1v) is 11.5. The van der Waals surface area contributed by atoms with Crippen molar-refractivity contribution in [1.29, 1.82) is 0 Å². The summed E-state index contributed by atoms with van der Waals surface area (Å²) in [4.78, 5) is 13.6. The summed E-state index contributed by atoms with van der Waals surface area (Å²) in [6.07, 6.45) is 13.3. The first-order chi connectivity index (χ1) is 15.2. The van der Waals surface area contributed by atoms with Crippen LogP contribution in [0.15, 0.2) is 36.2 Å². The van der Waals surface area contributed by atoms with Gasteiger partial charge >= 0.3 is 0 Å². The van der Waals surface area contributed by atoms with Gasteiger partial charge in [-0.1, -0.05) is 18.2 Å². The van der Waals surface area contributed by atoms with E-state index in [0.717, 1.165) is 56.2 Å². The number of allylic oxidation sites excluding steroid dienone is 4. The van der Waals surface area contributed by atoms with Gasteiger partial charge in [-0.2, -0.15) is 5.10 Å². The molecule has 0 saturated carbocycles. The Hall–Kier alpha value is -2.80. The van der Waals surface area contributed by atoms with Crippen LogP contribution in [0.5, 0.6) is 0 Å². The molecule has 170 valence electrons. The topological polar surface area (TPSA) is 78.3 Å². The predicted octanol–water partition coefficient (Wildman–Crippen LogP) is 3.64. The Balaban J connectivity index is 1.46. The van der Waals surface area contributed by atoms with Crippen LogP contribution in [-0.4, -0.2) is 50.9 Å². The molecule has 1 atom stereocenters. The minimum absolute atomic E-state index is 0.254. The molecule has 2 aromatic heterocycles. The van der Waals surface area contributed by atoms with Crippen LogP contribution in [-0.2, 0) is 12.0 Å². The van der Waals surface area contributed by atoms with Gasteiger partial charge in [0.1, 0.15) is 11.4 Å². The fourth-order valence-electron chi connectivity index (χ4n) is 4.38. The number of anilines is 2. The standard InChI is InChI=1S/C25H34N6O/c1-17-16-30(11-12-31(17)23-15-26-22(14-27-23)25(4,5)32)24-19(3)18(2)21(28-29-24)13-20-9-7-6-8-10-20/h7,9-10,14-15,17,32H,6,8,11-13,16H2,1-5H3. The maximum Gasteiger partial charge on any atom is 0.154 e. The van der Waals surface area contributed by atoms with Crippen molar-refractivity contribution in [2.75, 3.05) is 29.4 Å². The van der Waals surface area contributed by atoms with Crippen LogP contribution >= 0.6 is 0 Å². The molecule has 32 heavy (non-hydrogen) atoms. The van der Waals surface area contributed by atoms with Crippen LogP contribution in [0, 0.1) is 13.8 Å². The molecule has 2 aliphatic rings. The van der Waals surface area contributed by atoms with Crippen molar-refractivity contribution in [3.8, 4) is 0 Å². The van der Waals surface area contributed by atoms with E-state index >= 15 is 0 Å². The Morgan fingerprint density at radius 3 is 2.50 bits per heavy atom. The second-order valence-electron chi connectivity index (χ2n) is 9.46. The molecule has 7 nitrogen and oxygen atoms in total. The van der Waals surface area contributed by atoms with E-state index in [9.17, 15) is 5.11 Å². The molecule has 7 heteroatoms. The molecule has 1 unspecified atom stereocenters. The fraction of sp³-hybridized carbons (Fsp3) is 0.520. The summed E-state index contributed by atoms with van der Waals surface area (Å²) in [6, 6.07) is 0.254. The first-order valence-electron chi connectivity index (χ1n) is 11.5. The van der Waals surface area contributed by atoms with Gasteiger partial charge < -0.3 is 14.9 Å².